The molecule has 0 aliphatic carbocycles. The van der Waals surface area contributed by atoms with Gasteiger partial charge in [0.25, 0.3) is 5.89 Å². The first-order chi connectivity index (χ1) is 16.2. The zero-order chi connectivity index (χ0) is 22.6. The van der Waals surface area contributed by atoms with Crippen LogP contribution in [0.4, 0.5) is 5.82 Å². The molecule has 0 saturated carbocycles. The number of hydrogen-bond acceptors (Lipinski definition) is 7. The van der Waals surface area contributed by atoms with Gasteiger partial charge in [-0.3, -0.25) is 4.90 Å². The summed E-state index contributed by atoms with van der Waals surface area (Å²) >= 11 is 0. The highest BCUT2D eigenvalue weighted by Gasteiger charge is 2.27. The maximum Gasteiger partial charge on any atom is 0.276 e. The number of likely N-dealkylation sites (tertiary alicyclic amines) is 1. The maximum absolute atomic E-state index is 5.54. The van der Waals surface area contributed by atoms with E-state index in [9.17, 15) is 0 Å². The second-order valence-corrected chi connectivity index (χ2v) is 9.41. The molecule has 3 aromatic rings. The highest BCUT2D eigenvalue weighted by Crippen LogP contribution is 2.25. The van der Waals surface area contributed by atoms with E-state index in [2.05, 4.69) is 44.8 Å². The lowest BCUT2D eigenvalue weighted by molar-refractivity contribution is 0.0965. The topological polar surface area (TPSA) is 61.5 Å². The molecule has 7 heteroatoms. The van der Waals surface area contributed by atoms with E-state index in [-0.39, 0.29) is 0 Å². The molecule has 4 heterocycles. The third-order valence-electron chi connectivity index (χ3n) is 7.01. The van der Waals surface area contributed by atoms with Crippen LogP contribution < -0.4 is 4.90 Å². The molecule has 1 aromatic carbocycles. The fourth-order valence-corrected chi connectivity index (χ4v) is 5.05. The van der Waals surface area contributed by atoms with Crippen molar-refractivity contribution in [1.82, 2.24) is 24.9 Å². The van der Waals surface area contributed by atoms with Gasteiger partial charge in [-0.1, -0.05) is 41.6 Å². The van der Waals surface area contributed by atoms with Gasteiger partial charge in [0.2, 0.25) is 5.82 Å². The van der Waals surface area contributed by atoms with E-state index in [0.717, 1.165) is 43.1 Å². The Kier molecular flexibility index (Phi) is 6.69. The number of benzene rings is 1. The molecule has 2 aromatic heterocycles. The number of nitrogens with zero attached hydrogens (tertiary/aromatic N) is 6. The van der Waals surface area contributed by atoms with Crippen LogP contribution in [0.3, 0.4) is 0 Å². The zero-order valence-electron chi connectivity index (χ0n) is 19.7. The summed E-state index contributed by atoms with van der Waals surface area (Å²) < 4.78 is 5.54. The van der Waals surface area contributed by atoms with Crippen molar-refractivity contribution in [2.24, 2.45) is 0 Å². The van der Waals surface area contributed by atoms with Gasteiger partial charge >= 0.3 is 0 Å². The molecule has 0 radical (unpaired) electrons. The van der Waals surface area contributed by atoms with Crippen LogP contribution in [0.2, 0.25) is 0 Å². The van der Waals surface area contributed by atoms with E-state index in [1.165, 1.54) is 32.5 Å². The molecule has 33 heavy (non-hydrogen) atoms. The van der Waals surface area contributed by atoms with E-state index >= 15 is 0 Å². The Morgan fingerprint density at radius 3 is 2.45 bits per heavy atom. The SMILES string of the molecule is CC(C)N1CCC(N2CCCN(c3cccc(-c4nc(-c5ccccc5)no4)n3)CC2)CC1. The molecule has 7 nitrogen and oxygen atoms in total. The van der Waals surface area contributed by atoms with E-state index < -0.39 is 0 Å². The molecule has 174 valence electrons. The van der Waals surface area contributed by atoms with Crippen LogP contribution >= 0.6 is 0 Å². The average molecular weight is 447 g/mol. The fourth-order valence-electron chi connectivity index (χ4n) is 5.05. The van der Waals surface area contributed by atoms with Gasteiger partial charge in [-0.05, 0) is 58.3 Å². The molecule has 0 spiro atoms. The quantitative estimate of drug-likeness (QED) is 0.582. The summed E-state index contributed by atoms with van der Waals surface area (Å²) in [5.74, 6) is 2.04. The van der Waals surface area contributed by atoms with Gasteiger partial charge in [0.15, 0.2) is 0 Å². The van der Waals surface area contributed by atoms with Gasteiger partial charge in [-0.15, -0.1) is 0 Å². The molecule has 0 unspecified atom stereocenters. The zero-order valence-corrected chi connectivity index (χ0v) is 19.7. The van der Waals surface area contributed by atoms with Crippen molar-refractivity contribution in [3.05, 3.63) is 48.5 Å². The fraction of sp³-hybridized carbons (Fsp3) is 0.500. The highest BCUT2D eigenvalue weighted by molar-refractivity contribution is 5.59. The van der Waals surface area contributed by atoms with Crippen LogP contribution in [0.1, 0.15) is 33.1 Å². The molecule has 2 saturated heterocycles. The second-order valence-electron chi connectivity index (χ2n) is 9.41. The van der Waals surface area contributed by atoms with Crippen molar-refractivity contribution in [2.45, 2.75) is 45.2 Å². The number of hydrogen-bond donors (Lipinski definition) is 0. The second kappa shape index (κ2) is 10.0. The average Bonchev–Trinajstić information content (AvgIpc) is 3.23. The monoisotopic (exact) mass is 446 g/mol. The molecule has 0 bridgehead atoms. The van der Waals surface area contributed by atoms with Gasteiger partial charge in [-0.25, -0.2) is 4.98 Å². The maximum atomic E-state index is 5.54. The standard InChI is InChI=1S/C26H34N6O/c1-20(2)30-16-12-22(13-17-30)31-14-7-15-32(19-18-31)24-11-6-10-23(27-24)26-28-25(29-33-26)21-8-4-3-5-9-21/h3-6,8-11,20,22H,7,12-19H2,1-2H3. The normalized spacial score (nSPS) is 19.2. The van der Waals surface area contributed by atoms with Gasteiger partial charge in [0.1, 0.15) is 11.5 Å². The summed E-state index contributed by atoms with van der Waals surface area (Å²) in [4.78, 5) is 17.2. The third kappa shape index (κ3) is 5.09. The van der Waals surface area contributed by atoms with Crippen molar-refractivity contribution in [3.8, 4) is 23.0 Å². The Bertz CT molecular complexity index is 1030. The summed E-state index contributed by atoms with van der Waals surface area (Å²) in [5, 5.41) is 4.15. The predicted octanol–water partition coefficient (Wildman–Crippen LogP) is 4.18. The van der Waals surface area contributed by atoms with Gasteiger partial charge in [0.05, 0.1) is 0 Å². The van der Waals surface area contributed by atoms with E-state index in [1.54, 1.807) is 0 Å². The Labute approximate surface area is 196 Å². The molecule has 2 aliphatic rings. The lowest BCUT2D eigenvalue weighted by Gasteiger charge is -2.39. The first-order valence-corrected chi connectivity index (χ1v) is 12.3. The van der Waals surface area contributed by atoms with Gasteiger partial charge < -0.3 is 14.3 Å². The summed E-state index contributed by atoms with van der Waals surface area (Å²) in [6.45, 7) is 11.4. The summed E-state index contributed by atoms with van der Waals surface area (Å²) in [5.41, 5.74) is 1.67. The first kappa shape index (κ1) is 22.0. The van der Waals surface area contributed by atoms with Crippen LogP contribution in [0.15, 0.2) is 53.1 Å². The van der Waals surface area contributed by atoms with Gasteiger partial charge in [0, 0.05) is 43.8 Å². The number of piperidine rings is 1. The van der Waals surface area contributed by atoms with Crippen LogP contribution in [0, 0.1) is 0 Å². The van der Waals surface area contributed by atoms with Crippen molar-refractivity contribution in [1.29, 1.82) is 0 Å². The summed E-state index contributed by atoms with van der Waals surface area (Å²) in [6.07, 6.45) is 3.73. The van der Waals surface area contributed by atoms with Crippen molar-refractivity contribution in [2.75, 3.05) is 44.2 Å². The lowest BCUT2D eigenvalue weighted by atomic mass is 10.0. The molecule has 0 N–H and O–H groups in total. The largest absolute Gasteiger partial charge is 0.355 e. The predicted molar refractivity (Wildman–Crippen MR) is 131 cm³/mol. The molecule has 2 fully saturated rings. The highest BCUT2D eigenvalue weighted by atomic mass is 16.5. The van der Waals surface area contributed by atoms with E-state index in [4.69, 9.17) is 9.51 Å². The van der Waals surface area contributed by atoms with Crippen molar-refractivity contribution in [3.63, 3.8) is 0 Å². The van der Waals surface area contributed by atoms with E-state index in [0.29, 0.717) is 23.8 Å². The Balaban J connectivity index is 1.24. The number of pyridine rings is 1. The number of rotatable bonds is 5. The Morgan fingerprint density at radius 2 is 1.67 bits per heavy atom. The van der Waals surface area contributed by atoms with Crippen LogP contribution in [-0.4, -0.2) is 76.3 Å². The van der Waals surface area contributed by atoms with E-state index in [1.807, 2.05) is 42.5 Å². The van der Waals surface area contributed by atoms with Gasteiger partial charge in [-0.2, -0.15) is 4.98 Å². The summed E-state index contributed by atoms with van der Waals surface area (Å²) in [7, 11) is 0. The molecule has 0 amide bonds. The third-order valence-corrected chi connectivity index (χ3v) is 7.01. The Hall–Kier alpha value is -2.77. The molecule has 0 atom stereocenters. The van der Waals surface area contributed by atoms with Crippen LogP contribution in [-0.2, 0) is 0 Å². The minimum atomic E-state index is 0.462. The lowest BCUT2D eigenvalue weighted by Crippen LogP contribution is -2.47. The Morgan fingerprint density at radius 1 is 0.848 bits per heavy atom. The molecule has 5 rings (SSSR count). The molecular formula is C26H34N6O. The molecular weight excluding hydrogens is 412 g/mol. The molecule has 2 aliphatic heterocycles. The summed E-state index contributed by atoms with van der Waals surface area (Å²) in [6, 6.07) is 17.3. The smallest absolute Gasteiger partial charge is 0.276 e. The minimum Gasteiger partial charge on any atom is -0.355 e. The van der Waals surface area contributed by atoms with Crippen molar-refractivity contribution >= 4 is 5.82 Å². The van der Waals surface area contributed by atoms with Crippen LogP contribution in [0.5, 0.6) is 0 Å². The minimum absolute atomic E-state index is 0.462. The number of aromatic nitrogens is 3. The number of anilines is 1. The van der Waals surface area contributed by atoms with Crippen molar-refractivity contribution < 1.29 is 4.52 Å². The van der Waals surface area contributed by atoms with Crippen LogP contribution in [0.25, 0.3) is 23.0 Å². The first-order valence-electron chi connectivity index (χ1n) is 12.3.